The molecular formula is C20H31F3N4O2. The van der Waals surface area contributed by atoms with E-state index < -0.39 is 17.5 Å². The van der Waals surface area contributed by atoms with Crippen LogP contribution >= 0.6 is 0 Å². The number of carbonyl (C=O) groups excluding carboxylic acids is 1. The summed E-state index contributed by atoms with van der Waals surface area (Å²) in [5.74, 6) is 0.392. The Balaban J connectivity index is 1.68. The molecule has 0 unspecified atom stereocenters. The van der Waals surface area contributed by atoms with Crippen LogP contribution in [0.3, 0.4) is 0 Å². The first-order valence-electron chi connectivity index (χ1n) is 10.4. The van der Waals surface area contributed by atoms with Gasteiger partial charge in [0.25, 0.3) is 0 Å². The molecule has 3 rings (SSSR count). The lowest BCUT2D eigenvalue weighted by atomic mass is 9.96. The predicted molar refractivity (Wildman–Crippen MR) is 103 cm³/mol. The molecule has 2 saturated heterocycles. The highest BCUT2D eigenvalue weighted by molar-refractivity contribution is 5.68. The van der Waals surface area contributed by atoms with Crippen molar-refractivity contribution < 1.29 is 22.7 Å². The quantitative estimate of drug-likeness (QED) is 0.741. The van der Waals surface area contributed by atoms with E-state index in [4.69, 9.17) is 4.74 Å². The molecule has 1 aromatic heterocycles. The van der Waals surface area contributed by atoms with E-state index in [0.29, 0.717) is 38.3 Å². The van der Waals surface area contributed by atoms with Gasteiger partial charge in [-0.05, 0) is 59.5 Å². The maximum atomic E-state index is 13.5. The topological polar surface area (TPSA) is 50.6 Å². The van der Waals surface area contributed by atoms with E-state index in [2.05, 4.69) is 9.88 Å². The first-order chi connectivity index (χ1) is 13.5. The molecule has 1 amide bonds. The summed E-state index contributed by atoms with van der Waals surface area (Å²) in [4.78, 5) is 20.2. The third kappa shape index (κ3) is 5.65. The van der Waals surface area contributed by atoms with Gasteiger partial charge in [0.1, 0.15) is 17.1 Å². The van der Waals surface area contributed by atoms with Gasteiger partial charge in [-0.15, -0.1) is 0 Å². The summed E-state index contributed by atoms with van der Waals surface area (Å²) in [6.07, 6.45) is -0.469. The van der Waals surface area contributed by atoms with E-state index in [1.807, 2.05) is 20.8 Å². The fourth-order valence-corrected chi connectivity index (χ4v) is 4.07. The molecule has 2 aliphatic heterocycles. The summed E-state index contributed by atoms with van der Waals surface area (Å²) in [5, 5.41) is 0. The number of likely N-dealkylation sites (tertiary alicyclic amines) is 2. The molecule has 29 heavy (non-hydrogen) atoms. The number of imidazole rings is 1. The number of nitrogens with zero attached hydrogens (tertiary/aromatic N) is 4. The summed E-state index contributed by atoms with van der Waals surface area (Å²) in [6, 6.07) is 0. The van der Waals surface area contributed by atoms with Crippen molar-refractivity contribution in [2.45, 2.75) is 70.7 Å². The zero-order chi connectivity index (χ0) is 21.2. The summed E-state index contributed by atoms with van der Waals surface area (Å²) in [5.41, 5.74) is -1.25. The molecule has 0 aromatic carbocycles. The normalized spacial score (nSPS) is 19.7. The maximum absolute atomic E-state index is 13.5. The Morgan fingerprint density at radius 3 is 2.28 bits per heavy atom. The van der Waals surface area contributed by atoms with Crippen molar-refractivity contribution >= 4 is 6.09 Å². The molecule has 0 atom stereocenters. The fourth-order valence-electron chi connectivity index (χ4n) is 4.07. The predicted octanol–water partition coefficient (Wildman–Crippen LogP) is 4.11. The molecular weight excluding hydrogens is 385 g/mol. The summed E-state index contributed by atoms with van der Waals surface area (Å²) >= 11 is 0. The van der Waals surface area contributed by atoms with Crippen LogP contribution in [0.5, 0.6) is 0 Å². The van der Waals surface area contributed by atoms with E-state index in [1.165, 1.54) is 4.57 Å². The number of ether oxygens (including phenoxy) is 1. The van der Waals surface area contributed by atoms with Crippen molar-refractivity contribution in [2.24, 2.45) is 0 Å². The van der Waals surface area contributed by atoms with Crippen molar-refractivity contribution in [3.05, 3.63) is 17.7 Å². The zero-order valence-electron chi connectivity index (χ0n) is 17.5. The van der Waals surface area contributed by atoms with Crippen LogP contribution in [0.1, 0.15) is 63.9 Å². The number of piperidine rings is 1. The van der Waals surface area contributed by atoms with Gasteiger partial charge in [0.05, 0.1) is 6.20 Å². The van der Waals surface area contributed by atoms with Crippen molar-refractivity contribution in [1.29, 1.82) is 0 Å². The number of amides is 1. The van der Waals surface area contributed by atoms with Crippen LogP contribution in [0.2, 0.25) is 0 Å². The van der Waals surface area contributed by atoms with Crippen LogP contribution in [-0.2, 0) is 17.5 Å². The Labute approximate surface area is 170 Å². The molecule has 164 valence electrons. The lowest BCUT2D eigenvalue weighted by molar-refractivity contribution is -0.143. The second kappa shape index (κ2) is 8.53. The molecule has 0 aliphatic carbocycles. The molecule has 2 aliphatic rings. The molecule has 9 heteroatoms. The zero-order valence-corrected chi connectivity index (χ0v) is 17.5. The highest BCUT2D eigenvalue weighted by Gasteiger charge is 2.38. The van der Waals surface area contributed by atoms with Crippen molar-refractivity contribution in [3.63, 3.8) is 0 Å². The van der Waals surface area contributed by atoms with E-state index in [0.717, 1.165) is 32.1 Å². The monoisotopic (exact) mass is 416 g/mol. The van der Waals surface area contributed by atoms with Gasteiger partial charge in [-0.3, -0.25) is 0 Å². The minimum atomic E-state index is -4.42. The number of alkyl halides is 3. The molecule has 0 N–H and O–H groups in total. The first-order valence-corrected chi connectivity index (χ1v) is 10.4. The molecule has 6 nitrogen and oxygen atoms in total. The van der Waals surface area contributed by atoms with Crippen LogP contribution in [0.15, 0.2) is 6.20 Å². The Bertz CT molecular complexity index is 698. The van der Waals surface area contributed by atoms with Crippen molar-refractivity contribution in [2.75, 3.05) is 32.7 Å². The fraction of sp³-hybridized carbons (Fsp3) is 0.800. The molecule has 0 spiro atoms. The number of hydrogen-bond donors (Lipinski definition) is 0. The Morgan fingerprint density at radius 2 is 1.72 bits per heavy atom. The Morgan fingerprint density at radius 1 is 1.10 bits per heavy atom. The standard InChI is InChI=1S/C20H31F3N4O2/c1-19(2,3)29-18(28)26-10-6-15(7-11-26)17-24-14-16(20(21,22)23)27(17)13-12-25-8-4-5-9-25/h14-15H,4-13H2,1-3H3. The van der Waals surface area contributed by atoms with Crippen molar-refractivity contribution in [3.8, 4) is 0 Å². The highest BCUT2D eigenvalue weighted by atomic mass is 19.4. The van der Waals surface area contributed by atoms with Gasteiger partial charge in [-0.1, -0.05) is 0 Å². The van der Waals surface area contributed by atoms with Crippen LogP contribution in [-0.4, -0.2) is 63.8 Å². The van der Waals surface area contributed by atoms with E-state index in [1.54, 1.807) is 4.90 Å². The number of aromatic nitrogens is 2. The van der Waals surface area contributed by atoms with Crippen LogP contribution < -0.4 is 0 Å². The lowest BCUT2D eigenvalue weighted by Gasteiger charge is -2.33. The molecule has 0 saturated carbocycles. The number of halogens is 3. The lowest BCUT2D eigenvalue weighted by Crippen LogP contribution is -2.41. The second-order valence-corrected chi connectivity index (χ2v) is 8.94. The van der Waals surface area contributed by atoms with E-state index in [9.17, 15) is 18.0 Å². The van der Waals surface area contributed by atoms with Gasteiger partial charge in [0.2, 0.25) is 0 Å². The van der Waals surface area contributed by atoms with Gasteiger partial charge >= 0.3 is 12.3 Å². The molecule has 2 fully saturated rings. The summed E-state index contributed by atoms with van der Waals surface area (Å²) < 4.78 is 47.3. The molecule has 3 heterocycles. The van der Waals surface area contributed by atoms with Crippen LogP contribution in [0, 0.1) is 0 Å². The van der Waals surface area contributed by atoms with Crippen LogP contribution in [0.25, 0.3) is 0 Å². The third-order valence-electron chi connectivity index (χ3n) is 5.53. The van der Waals surface area contributed by atoms with Gasteiger partial charge in [0.15, 0.2) is 0 Å². The number of rotatable bonds is 4. The second-order valence-electron chi connectivity index (χ2n) is 8.94. The number of carbonyl (C=O) groups is 1. The largest absolute Gasteiger partial charge is 0.444 e. The van der Waals surface area contributed by atoms with Crippen molar-refractivity contribution in [1.82, 2.24) is 19.4 Å². The molecule has 0 radical (unpaired) electrons. The number of hydrogen-bond acceptors (Lipinski definition) is 4. The minimum Gasteiger partial charge on any atom is -0.444 e. The third-order valence-corrected chi connectivity index (χ3v) is 5.53. The summed E-state index contributed by atoms with van der Waals surface area (Å²) in [7, 11) is 0. The Hall–Kier alpha value is -1.77. The van der Waals surface area contributed by atoms with E-state index >= 15 is 0 Å². The molecule has 0 bridgehead atoms. The summed E-state index contributed by atoms with van der Waals surface area (Å²) in [6.45, 7) is 9.13. The SMILES string of the molecule is CC(C)(C)OC(=O)N1CCC(c2ncc(C(F)(F)F)n2CCN2CCCC2)CC1. The maximum Gasteiger partial charge on any atom is 0.433 e. The van der Waals surface area contributed by atoms with E-state index in [-0.39, 0.29) is 18.6 Å². The smallest absolute Gasteiger partial charge is 0.433 e. The van der Waals surface area contributed by atoms with Gasteiger partial charge in [0, 0.05) is 32.1 Å². The van der Waals surface area contributed by atoms with Crippen LogP contribution in [0.4, 0.5) is 18.0 Å². The van der Waals surface area contributed by atoms with Gasteiger partial charge in [-0.2, -0.15) is 13.2 Å². The molecule has 1 aromatic rings. The average Bonchev–Trinajstić information content (AvgIpc) is 3.27. The average molecular weight is 416 g/mol. The first kappa shape index (κ1) is 21.9. The Kier molecular flexibility index (Phi) is 6.45. The highest BCUT2D eigenvalue weighted by Crippen LogP contribution is 2.34. The van der Waals surface area contributed by atoms with Gasteiger partial charge < -0.3 is 19.1 Å². The van der Waals surface area contributed by atoms with Gasteiger partial charge in [-0.25, -0.2) is 9.78 Å². The minimum absolute atomic E-state index is 0.0941.